The van der Waals surface area contributed by atoms with Crippen LogP contribution in [0.3, 0.4) is 0 Å². The van der Waals surface area contributed by atoms with E-state index in [2.05, 4.69) is 10.2 Å². The molecule has 0 spiro atoms. The molecule has 0 saturated heterocycles. The first-order valence-electron chi connectivity index (χ1n) is 4.32. The Morgan fingerprint density at radius 3 is 2.38 bits per heavy atom. The highest BCUT2D eigenvalue weighted by Gasteiger charge is 2.23. The Morgan fingerprint density at radius 1 is 1.69 bits per heavy atom. The first-order valence-corrected chi connectivity index (χ1v) is 4.32. The van der Waals surface area contributed by atoms with Gasteiger partial charge in [-0.1, -0.05) is 6.42 Å². The zero-order valence-corrected chi connectivity index (χ0v) is 7.79. The van der Waals surface area contributed by atoms with Gasteiger partial charge in [0.2, 0.25) is 5.91 Å². The third-order valence-electron chi connectivity index (χ3n) is 1.85. The lowest BCUT2D eigenvalue weighted by Crippen LogP contribution is -2.38. The van der Waals surface area contributed by atoms with Crippen LogP contribution in [0.25, 0.3) is 0 Å². The lowest BCUT2D eigenvalue weighted by atomic mass is 9.85. The Kier molecular flexibility index (Phi) is 6.91. The first kappa shape index (κ1) is 11.9. The number of nitrogens with two attached hydrogens (primary N) is 1. The topological polar surface area (TPSA) is 81.4 Å². The zero-order valence-electron chi connectivity index (χ0n) is 7.79. The molecule has 0 aromatic heterocycles. The third-order valence-corrected chi connectivity index (χ3v) is 1.85. The van der Waals surface area contributed by atoms with Crippen LogP contribution in [0, 0.1) is 5.92 Å². The molecule has 0 aliphatic heterocycles. The number of rotatable bonds is 3. The largest absolute Gasteiger partial charge is 0.468 e. The number of hydrogen-bond donors (Lipinski definition) is 2. The van der Waals surface area contributed by atoms with Gasteiger partial charge < -0.3 is 4.74 Å². The van der Waals surface area contributed by atoms with Crippen molar-refractivity contribution in [3.05, 3.63) is 0 Å². The van der Waals surface area contributed by atoms with Crippen LogP contribution in [0.5, 0.6) is 0 Å². The van der Waals surface area contributed by atoms with Crippen LogP contribution in [0.1, 0.15) is 26.2 Å². The van der Waals surface area contributed by atoms with Crippen molar-refractivity contribution < 1.29 is 14.3 Å². The van der Waals surface area contributed by atoms with E-state index in [0.717, 1.165) is 12.8 Å². The van der Waals surface area contributed by atoms with Crippen LogP contribution in [0.2, 0.25) is 0 Å². The second kappa shape index (κ2) is 7.54. The standard InChI is InChI=1S/C5H10N2O.C3H6O2/c6-7-5(8)4-2-1-3-4;1-2-5-3-4/h4H,1-3,6H2,(H,7,8);3H,2H2,1H3. The highest BCUT2D eigenvalue weighted by atomic mass is 16.5. The molecule has 1 aliphatic carbocycles. The first-order chi connectivity index (χ1) is 6.26. The average Bonchev–Trinajstić information content (AvgIpc) is 2.04. The fraction of sp³-hybridized carbons (Fsp3) is 0.750. The van der Waals surface area contributed by atoms with Crippen LogP contribution < -0.4 is 11.3 Å². The lowest BCUT2D eigenvalue weighted by molar-refractivity contribution is -0.128. The maximum atomic E-state index is 10.6. The molecule has 0 heterocycles. The molecule has 5 heteroatoms. The van der Waals surface area contributed by atoms with Gasteiger partial charge in [-0.25, -0.2) is 5.84 Å². The predicted molar refractivity (Wildman–Crippen MR) is 47.4 cm³/mol. The van der Waals surface area contributed by atoms with E-state index in [1.807, 2.05) is 0 Å². The van der Waals surface area contributed by atoms with Crippen molar-refractivity contribution in [2.75, 3.05) is 6.61 Å². The number of carbonyl (C=O) groups excluding carboxylic acids is 2. The summed E-state index contributed by atoms with van der Waals surface area (Å²) in [6.45, 7) is 2.66. The van der Waals surface area contributed by atoms with Gasteiger partial charge in [-0.2, -0.15) is 0 Å². The molecule has 76 valence electrons. The molecular weight excluding hydrogens is 172 g/mol. The maximum absolute atomic E-state index is 10.6. The maximum Gasteiger partial charge on any atom is 0.293 e. The predicted octanol–water partition coefficient (Wildman–Crippen LogP) is -0.0443. The van der Waals surface area contributed by atoms with Crippen molar-refractivity contribution >= 4 is 12.4 Å². The highest BCUT2D eigenvalue weighted by molar-refractivity contribution is 5.78. The number of ether oxygens (including phenoxy) is 1. The molecule has 0 atom stereocenters. The van der Waals surface area contributed by atoms with E-state index in [-0.39, 0.29) is 11.8 Å². The third kappa shape index (κ3) is 5.19. The minimum Gasteiger partial charge on any atom is -0.468 e. The SMILES string of the molecule is CCOC=O.NNC(=O)C1CCC1. The number of carbonyl (C=O) groups is 2. The van der Waals surface area contributed by atoms with E-state index in [1.165, 1.54) is 6.42 Å². The molecule has 1 saturated carbocycles. The minimum atomic E-state index is -0.00347. The van der Waals surface area contributed by atoms with Gasteiger partial charge in [0.1, 0.15) is 0 Å². The second-order valence-electron chi connectivity index (χ2n) is 2.69. The average molecular weight is 188 g/mol. The Balaban J connectivity index is 0.000000252. The summed E-state index contributed by atoms with van der Waals surface area (Å²) in [5, 5.41) is 0. The van der Waals surface area contributed by atoms with Gasteiger partial charge in [-0.3, -0.25) is 15.0 Å². The minimum absolute atomic E-state index is 0.00347. The number of nitrogens with one attached hydrogen (secondary N) is 1. The summed E-state index contributed by atoms with van der Waals surface area (Å²) in [5.74, 6) is 5.10. The molecule has 0 unspecified atom stereocenters. The Labute approximate surface area is 77.6 Å². The van der Waals surface area contributed by atoms with Crippen LogP contribution in [0.4, 0.5) is 0 Å². The van der Waals surface area contributed by atoms with Gasteiger partial charge in [-0.15, -0.1) is 0 Å². The van der Waals surface area contributed by atoms with Crippen LogP contribution in [-0.2, 0) is 14.3 Å². The molecule has 0 radical (unpaired) electrons. The molecule has 5 nitrogen and oxygen atoms in total. The van der Waals surface area contributed by atoms with Crippen LogP contribution in [-0.4, -0.2) is 19.0 Å². The Morgan fingerprint density at radius 2 is 2.31 bits per heavy atom. The van der Waals surface area contributed by atoms with Crippen molar-refractivity contribution in [1.82, 2.24) is 5.43 Å². The van der Waals surface area contributed by atoms with Gasteiger partial charge in [-0.05, 0) is 19.8 Å². The molecule has 0 bridgehead atoms. The molecule has 13 heavy (non-hydrogen) atoms. The second-order valence-corrected chi connectivity index (χ2v) is 2.69. The summed E-state index contributed by atoms with van der Waals surface area (Å²) in [4.78, 5) is 19.7. The van der Waals surface area contributed by atoms with E-state index in [0.29, 0.717) is 13.1 Å². The summed E-state index contributed by atoms with van der Waals surface area (Å²) < 4.78 is 4.15. The normalized spacial score (nSPS) is 14.6. The van der Waals surface area contributed by atoms with Crippen molar-refractivity contribution in [3.8, 4) is 0 Å². The van der Waals surface area contributed by atoms with Crippen LogP contribution in [0.15, 0.2) is 0 Å². The summed E-state index contributed by atoms with van der Waals surface area (Å²) >= 11 is 0. The van der Waals surface area contributed by atoms with E-state index >= 15 is 0 Å². The summed E-state index contributed by atoms with van der Waals surface area (Å²) in [6.07, 6.45) is 3.21. The van der Waals surface area contributed by atoms with Crippen LogP contribution >= 0.6 is 0 Å². The molecule has 3 N–H and O–H groups in total. The van der Waals surface area contributed by atoms with Gasteiger partial charge in [0.15, 0.2) is 0 Å². The monoisotopic (exact) mass is 188 g/mol. The highest BCUT2D eigenvalue weighted by Crippen LogP contribution is 2.25. The Bertz CT molecular complexity index is 157. The van der Waals surface area contributed by atoms with E-state index < -0.39 is 0 Å². The zero-order chi connectivity index (χ0) is 10.1. The van der Waals surface area contributed by atoms with Gasteiger partial charge >= 0.3 is 0 Å². The Hall–Kier alpha value is -1.10. The fourth-order valence-electron chi connectivity index (χ4n) is 0.856. The van der Waals surface area contributed by atoms with Gasteiger partial charge in [0.05, 0.1) is 6.61 Å². The molecule has 1 amide bonds. The fourth-order valence-corrected chi connectivity index (χ4v) is 0.856. The van der Waals surface area contributed by atoms with E-state index in [1.54, 1.807) is 6.92 Å². The number of hydrazine groups is 1. The summed E-state index contributed by atoms with van der Waals surface area (Å²) in [6, 6.07) is 0. The molecule has 0 aromatic carbocycles. The molecule has 0 aromatic rings. The molecule has 1 aliphatic rings. The smallest absolute Gasteiger partial charge is 0.293 e. The van der Waals surface area contributed by atoms with Crippen molar-refractivity contribution in [3.63, 3.8) is 0 Å². The summed E-state index contributed by atoms with van der Waals surface area (Å²) in [7, 11) is 0. The van der Waals surface area contributed by atoms with Crippen molar-refractivity contribution in [2.45, 2.75) is 26.2 Å². The molecule has 1 fully saturated rings. The number of amides is 1. The molecule has 1 rings (SSSR count). The quantitative estimate of drug-likeness (QED) is 0.282. The lowest BCUT2D eigenvalue weighted by Gasteiger charge is -2.22. The number of hydrogen-bond acceptors (Lipinski definition) is 4. The van der Waals surface area contributed by atoms with E-state index in [9.17, 15) is 9.59 Å². The van der Waals surface area contributed by atoms with Crippen molar-refractivity contribution in [1.29, 1.82) is 0 Å². The molecular formula is C8H16N2O3. The van der Waals surface area contributed by atoms with E-state index in [4.69, 9.17) is 5.84 Å². The van der Waals surface area contributed by atoms with Gasteiger partial charge in [0, 0.05) is 5.92 Å². The van der Waals surface area contributed by atoms with Gasteiger partial charge in [0.25, 0.3) is 6.47 Å². The van der Waals surface area contributed by atoms with Crippen molar-refractivity contribution in [2.24, 2.45) is 11.8 Å². The summed E-state index contributed by atoms with van der Waals surface area (Å²) in [5.41, 5.74) is 2.13.